The lowest BCUT2D eigenvalue weighted by molar-refractivity contribution is -0.249. The van der Waals surface area contributed by atoms with Gasteiger partial charge in [0.15, 0.2) is 5.79 Å². The standard InChI is InChI=1S/C23H38O3/c1-4-22(24)12-11-20(2)16(15-22)5-6-17-18(20)7-9-21(3)19(17)8-10-23(21)25-13-14-26-23/h16-19,24H,4-15H2,1-3H3/t16-,17?,18?,19?,20-,21-,22+/m0/s1. The van der Waals surface area contributed by atoms with Gasteiger partial charge in [-0.25, -0.2) is 0 Å². The van der Waals surface area contributed by atoms with Crippen LogP contribution in [0, 0.1) is 34.5 Å². The largest absolute Gasteiger partial charge is 0.390 e. The van der Waals surface area contributed by atoms with Crippen LogP contribution >= 0.6 is 0 Å². The summed E-state index contributed by atoms with van der Waals surface area (Å²) in [4.78, 5) is 0. The van der Waals surface area contributed by atoms with Gasteiger partial charge in [-0.15, -0.1) is 0 Å². The second-order valence-corrected chi connectivity index (χ2v) is 10.9. The average molecular weight is 363 g/mol. The van der Waals surface area contributed by atoms with Gasteiger partial charge >= 0.3 is 0 Å². The minimum Gasteiger partial charge on any atom is -0.390 e. The van der Waals surface area contributed by atoms with E-state index in [0.717, 1.165) is 62.6 Å². The van der Waals surface area contributed by atoms with Crippen molar-refractivity contribution in [2.24, 2.45) is 34.5 Å². The van der Waals surface area contributed by atoms with Crippen LogP contribution in [0.2, 0.25) is 0 Å². The normalized spacial score (nSPS) is 55.4. The summed E-state index contributed by atoms with van der Waals surface area (Å²) in [5.41, 5.74) is 0.272. The van der Waals surface area contributed by atoms with Gasteiger partial charge in [-0.2, -0.15) is 0 Å². The summed E-state index contributed by atoms with van der Waals surface area (Å²) in [6.45, 7) is 8.80. The lowest BCUT2D eigenvalue weighted by Gasteiger charge is -2.62. The van der Waals surface area contributed by atoms with Crippen LogP contribution in [-0.2, 0) is 9.47 Å². The van der Waals surface area contributed by atoms with Gasteiger partial charge in [0.2, 0.25) is 0 Å². The van der Waals surface area contributed by atoms with Crippen molar-refractivity contribution < 1.29 is 14.6 Å². The van der Waals surface area contributed by atoms with E-state index in [2.05, 4.69) is 20.8 Å². The molecule has 0 amide bonds. The SMILES string of the molecule is CC[C@@]1(O)CC[C@]2(C)C3CC[C@@]4(C)C(CCC45OCCO5)C3CC[C@H]2C1. The van der Waals surface area contributed by atoms with E-state index in [4.69, 9.17) is 9.47 Å². The summed E-state index contributed by atoms with van der Waals surface area (Å²) in [6, 6.07) is 0. The number of fused-ring (bicyclic) bond motifs is 6. The van der Waals surface area contributed by atoms with Gasteiger partial charge in [0.05, 0.1) is 18.8 Å². The van der Waals surface area contributed by atoms with Crippen molar-refractivity contribution >= 4 is 0 Å². The van der Waals surface area contributed by atoms with Crippen LogP contribution in [-0.4, -0.2) is 29.7 Å². The molecule has 4 saturated carbocycles. The molecule has 26 heavy (non-hydrogen) atoms. The topological polar surface area (TPSA) is 38.7 Å². The monoisotopic (exact) mass is 362 g/mol. The first-order valence-corrected chi connectivity index (χ1v) is 11.4. The van der Waals surface area contributed by atoms with E-state index in [0.29, 0.717) is 5.41 Å². The zero-order valence-electron chi connectivity index (χ0n) is 17.1. The van der Waals surface area contributed by atoms with Crippen molar-refractivity contribution in [3.63, 3.8) is 0 Å². The van der Waals surface area contributed by atoms with Gasteiger partial charge in [-0.1, -0.05) is 20.8 Å². The molecule has 3 heteroatoms. The Balaban J connectivity index is 1.42. The second-order valence-electron chi connectivity index (χ2n) is 10.9. The summed E-state index contributed by atoms with van der Waals surface area (Å²) in [5, 5.41) is 10.9. The Morgan fingerprint density at radius 2 is 1.62 bits per heavy atom. The molecular formula is C23H38O3. The molecule has 1 spiro atoms. The van der Waals surface area contributed by atoms with Crippen LogP contribution in [0.1, 0.15) is 85.0 Å². The minimum absolute atomic E-state index is 0.215. The summed E-state index contributed by atoms with van der Waals surface area (Å²) in [6.07, 6.45) is 11.9. The number of rotatable bonds is 1. The van der Waals surface area contributed by atoms with Crippen molar-refractivity contribution in [3.8, 4) is 0 Å². The first-order chi connectivity index (χ1) is 12.4. The van der Waals surface area contributed by atoms with Crippen molar-refractivity contribution in [3.05, 3.63) is 0 Å². The molecule has 7 atom stereocenters. The third-order valence-corrected chi connectivity index (χ3v) is 10.3. The second kappa shape index (κ2) is 5.70. The average Bonchev–Trinajstić information content (AvgIpc) is 3.22. The lowest BCUT2D eigenvalue weighted by atomic mass is 9.44. The Morgan fingerprint density at radius 1 is 0.885 bits per heavy atom. The van der Waals surface area contributed by atoms with E-state index >= 15 is 0 Å². The molecule has 0 aromatic rings. The van der Waals surface area contributed by atoms with E-state index in [9.17, 15) is 5.11 Å². The summed E-state index contributed by atoms with van der Waals surface area (Å²) < 4.78 is 12.5. The number of aliphatic hydroxyl groups is 1. The van der Waals surface area contributed by atoms with E-state index in [-0.39, 0.29) is 16.8 Å². The number of ether oxygens (including phenoxy) is 2. The predicted molar refractivity (Wildman–Crippen MR) is 102 cm³/mol. The van der Waals surface area contributed by atoms with Gasteiger partial charge in [0, 0.05) is 11.8 Å². The zero-order chi connectivity index (χ0) is 18.2. The third kappa shape index (κ3) is 2.17. The van der Waals surface area contributed by atoms with Crippen LogP contribution in [0.3, 0.4) is 0 Å². The van der Waals surface area contributed by atoms with Gasteiger partial charge in [0.25, 0.3) is 0 Å². The van der Waals surface area contributed by atoms with Crippen LogP contribution in [0.15, 0.2) is 0 Å². The van der Waals surface area contributed by atoms with E-state index in [1.165, 1.54) is 38.5 Å². The van der Waals surface area contributed by atoms with E-state index in [1.807, 2.05) is 0 Å². The molecule has 5 rings (SSSR count). The van der Waals surface area contributed by atoms with Gasteiger partial charge in [-0.3, -0.25) is 0 Å². The maximum atomic E-state index is 10.9. The molecule has 0 bridgehead atoms. The highest BCUT2D eigenvalue weighted by Crippen LogP contribution is 2.70. The van der Waals surface area contributed by atoms with Crippen LogP contribution in [0.5, 0.6) is 0 Å². The molecule has 3 nitrogen and oxygen atoms in total. The molecule has 1 aliphatic heterocycles. The molecule has 1 heterocycles. The van der Waals surface area contributed by atoms with Gasteiger partial charge in [0.1, 0.15) is 0 Å². The highest BCUT2D eigenvalue weighted by atomic mass is 16.7. The number of hydrogen-bond acceptors (Lipinski definition) is 3. The summed E-state index contributed by atoms with van der Waals surface area (Å²) in [5.74, 6) is 2.91. The highest BCUT2D eigenvalue weighted by molar-refractivity contribution is 5.13. The molecule has 4 aliphatic carbocycles. The fourth-order valence-corrected chi connectivity index (χ4v) is 8.53. The van der Waals surface area contributed by atoms with E-state index in [1.54, 1.807) is 0 Å². The molecule has 148 valence electrons. The third-order valence-electron chi connectivity index (χ3n) is 10.3. The van der Waals surface area contributed by atoms with Crippen LogP contribution in [0.25, 0.3) is 0 Å². The van der Waals surface area contributed by atoms with Crippen molar-refractivity contribution in [1.29, 1.82) is 0 Å². The van der Waals surface area contributed by atoms with Crippen molar-refractivity contribution in [1.82, 2.24) is 0 Å². The Morgan fingerprint density at radius 3 is 2.35 bits per heavy atom. The van der Waals surface area contributed by atoms with Gasteiger partial charge in [-0.05, 0) is 86.9 Å². The Labute approximate surface area is 159 Å². The van der Waals surface area contributed by atoms with Crippen LogP contribution in [0.4, 0.5) is 0 Å². The zero-order valence-corrected chi connectivity index (χ0v) is 17.1. The summed E-state index contributed by atoms with van der Waals surface area (Å²) >= 11 is 0. The Kier molecular flexibility index (Phi) is 3.94. The quantitative estimate of drug-likeness (QED) is 0.720. The van der Waals surface area contributed by atoms with Crippen molar-refractivity contribution in [2.45, 2.75) is 96.4 Å². The van der Waals surface area contributed by atoms with Crippen LogP contribution < -0.4 is 0 Å². The van der Waals surface area contributed by atoms with Gasteiger partial charge < -0.3 is 14.6 Å². The molecule has 1 saturated heterocycles. The fraction of sp³-hybridized carbons (Fsp3) is 1.00. The Hall–Kier alpha value is -0.120. The maximum absolute atomic E-state index is 10.9. The molecular weight excluding hydrogens is 324 g/mol. The maximum Gasteiger partial charge on any atom is 0.174 e. The molecule has 3 unspecified atom stereocenters. The fourth-order valence-electron chi connectivity index (χ4n) is 8.53. The molecule has 0 aromatic heterocycles. The highest BCUT2D eigenvalue weighted by Gasteiger charge is 2.67. The van der Waals surface area contributed by atoms with E-state index < -0.39 is 0 Å². The first kappa shape index (κ1) is 17.9. The first-order valence-electron chi connectivity index (χ1n) is 11.4. The molecule has 1 N–H and O–H groups in total. The Bertz CT molecular complexity index is 570. The minimum atomic E-state index is -0.386. The molecule has 0 aromatic carbocycles. The molecule has 5 fully saturated rings. The lowest BCUT2D eigenvalue weighted by Crippen LogP contribution is -2.58. The number of hydrogen-bond donors (Lipinski definition) is 1. The predicted octanol–water partition coefficient (Wildman–Crippen LogP) is 4.91. The molecule has 0 radical (unpaired) electrons. The smallest absolute Gasteiger partial charge is 0.174 e. The summed E-state index contributed by atoms with van der Waals surface area (Å²) in [7, 11) is 0. The van der Waals surface area contributed by atoms with Crippen molar-refractivity contribution in [2.75, 3.05) is 13.2 Å². The molecule has 5 aliphatic rings.